The second kappa shape index (κ2) is 1.85. The standard InChI is InChI=1S/C4H8.Cr/c1-3-4-2;/h1-4H2;. The molecule has 0 N–H and O–H groups in total. The van der Waals surface area contributed by atoms with E-state index in [0.717, 1.165) is 15.2 Å². The summed E-state index contributed by atoms with van der Waals surface area (Å²) in [5.41, 5.74) is 0. The molecule has 5 heavy (non-hydrogen) atoms. The maximum absolute atomic E-state index is 1.56. The summed E-state index contributed by atoms with van der Waals surface area (Å²) in [6.45, 7) is 0. The van der Waals surface area contributed by atoms with E-state index in [-0.39, 0.29) is 0 Å². The zero-order valence-electron chi connectivity index (χ0n) is 3.24. The molecule has 0 aliphatic carbocycles. The van der Waals surface area contributed by atoms with E-state index < -0.39 is 0 Å². The summed E-state index contributed by atoms with van der Waals surface area (Å²) >= 11 is 1.07. The maximum atomic E-state index is 1.56. The number of hydrogen-bond acceptors (Lipinski definition) is 0. The fraction of sp³-hybridized carbons (Fsp3) is 1.00. The fourth-order valence-corrected chi connectivity index (χ4v) is 2.10. The first-order chi connectivity index (χ1) is 2.50. The Labute approximate surface area is 39.3 Å². The van der Waals surface area contributed by atoms with E-state index in [1.807, 2.05) is 0 Å². The average Bonchev–Trinajstić information content (AvgIpc) is 1.76. The summed E-state index contributed by atoms with van der Waals surface area (Å²) in [4.78, 5) is 0. The van der Waals surface area contributed by atoms with Gasteiger partial charge in [-0.2, -0.15) is 0 Å². The monoisotopic (exact) mass is 108 g/mol. The second-order valence-electron chi connectivity index (χ2n) is 1.32. The third kappa shape index (κ3) is 0.950. The molecule has 1 heterocycles. The van der Waals surface area contributed by atoms with Gasteiger partial charge in [-0.3, -0.25) is 0 Å². The molecule has 0 nitrogen and oxygen atoms in total. The van der Waals surface area contributed by atoms with Gasteiger partial charge in [-0.05, 0) is 0 Å². The van der Waals surface area contributed by atoms with Crippen molar-refractivity contribution in [3.05, 3.63) is 0 Å². The van der Waals surface area contributed by atoms with Crippen molar-refractivity contribution in [2.24, 2.45) is 0 Å². The molecule has 0 aromatic rings. The molecule has 1 aliphatic rings. The van der Waals surface area contributed by atoms with Crippen molar-refractivity contribution < 1.29 is 15.2 Å². The first-order valence-electron chi connectivity index (χ1n) is 2.08. The first-order valence-corrected chi connectivity index (χ1v) is 3.88. The van der Waals surface area contributed by atoms with Gasteiger partial charge in [-0.15, -0.1) is 0 Å². The van der Waals surface area contributed by atoms with Gasteiger partial charge in [0, 0.05) is 0 Å². The molecule has 1 saturated heterocycles. The SMILES string of the molecule is C1C[CH2][Cr][CH2]1. The first kappa shape index (κ1) is 3.71. The number of hydrogen-bond donors (Lipinski definition) is 0. The summed E-state index contributed by atoms with van der Waals surface area (Å²) in [6.07, 6.45) is 3.06. The van der Waals surface area contributed by atoms with E-state index in [1.54, 1.807) is 10.6 Å². The van der Waals surface area contributed by atoms with Crippen molar-refractivity contribution in [2.45, 2.75) is 23.4 Å². The molecule has 0 saturated carbocycles. The van der Waals surface area contributed by atoms with Crippen LogP contribution in [0.15, 0.2) is 0 Å². The zero-order chi connectivity index (χ0) is 3.54. The molecule has 30 valence electrons. The Bertz CT molecular complexity index is 15.2. The molecule has 1 rings (SSSR count). The molecule has 0 atom stereocenters. The molecule has 0 bridgehead atoms. The minimum atomic E-state index is 1.07. The Morgan fingerprint density at radius 2 is 1.60 bits per heavy atom. The van der Waals surface area contributed by atoms with Crippen LogP contribution in [0.3, 0.4) is 0 Å². The molecule has 1 heteroatoms. The minimum absolute atomic E-state index is 1.07. The van der Waals surface area contributed by atoms with Gasteiger partial charge in [0.15, 0.2) is 0 Å². The van der Waals surface area contributed by atoms with Gasteiger partial charge >= 0.3 is 38.6 Å². The van der Waals surface area contributed by atoms with Crippen LogP contribution in [0.4, 0.5) is 0 Å². The van der Waals surface area contributed by atoms with Gasteiger partial charge in [-0.1, -0.05) is 0 Å². The summed E-state index contributed by atoms with van der Waals surface area (Å²) in [5.74, 6) is 0. The second-order valence-corrected chi connectivity index (χ2v) is 3.23. The topological polar surface area (TPSA) is 0 Å². The van der Waals surface area contributed by atoms with Crippen LogP contribution in [0, 0.1) is 0 Å². The van der Waals surface area contributed by atoms with Gasteiger partial charge in [0.25, 0.3) is 0 Å². The van der Waals surface area contributed by atoms with Crippen molar-refractivity contribution in [3.8, 4) is 0 Å². The molecular weight excluding hydrogens is 100 g/mol. The summed E-state index contributed by atoms with van der Waals surface area (Å²) < 4.78 is 0. The number of rotatable bonds is 0. The van der Waals surface area contributed by atoms with Gasteiger partial charge in [0.1, 0.15) is 0 Å². The van der Waals surface area contributed by atoms with Crippen LogP contribution in [0.2, 0.25) is 10.6 Å². The molecule has 0 radical (unpaired) electrons. The van der Waals surface area contributed by atoms with E-state index in [4.69, 9.17) is 0 Å². The Morgan fingerprint density at radius 1 is 1.00 bits per heavy atom. The van der Waals surface area contributed by atoms with Crippen LogP contribution in [-0.2, 0) is 15.2 Å². The van der Waals surface area contributed by atoms with E-state index in [9.17, 15) is 0 Å². The molecule has 0 aromatic carbocycles. The summed E-state index contributed by atoms with van der Waals surface area (Å²) in [5, 5.41) is 3.12. The van der Waals surface area contributed by atoms with Gasteiger partial charge < -0.3 is 0 Å². The van der Waals surface area contributed by atoms with Crippen LogP contribution in [0.1, 0.15) is 12.8 Å². The van der Waals surface area contributed by atoms with Crippen molar-refractivity contribution in [1.29, 1.82) is 0 Å². The third-order valence-electron chi connectivity index (χ3n) is 0.827. The van der Waals surface area contributed by atoms with Crippen LogP contribution in [0.5, 0.6) is 0 Å². The van der Waals surface area contributed by atoms with Gasteiger partial charge in [0.2, 0.25) is 0 Å². The summed E-state index contributed by atoms with van der Waals surface area (Å²) in [7, 11) is 0. The molecule has 1 aliphatic heterocycles. The molecular formula is C4H8Cr. The van der Waals surface area contributed by atoms with Crippen molar-refractivity contribution in [3.63, 3.8) is 0 Å². The van der Waals surface area contributed by atoms with Crippen LogP contribution in [-0.4, -0.2) is 0 Å². The van der Waals surface area contributed by atoms with Crippen molar-refractivity contribution in [2.75, 3.05) is 0 Å². The van der Waals surface area contributed by atoms with Crippen molar-refractivity contribution in [1.82, 2.24) is 0 Å². The van der Waals surface area contributed by atoms with E-state index in [1.165, 1.54) is 12.8 Å². The molecule has 0 aromatic heterocycles. The van der Waals surface area contributed by atoms with Crippen LogP contribution >= 0.6 is 0 Å². The average molecular weight is 108 g/mol. The Balaban J connectivity index is 2.08. The predicted molar refractivity (Wildman–Crippen MR) is 18.8 cm³/mol. The quantitative estimate of drug-likeness (QED) is 0.443. The molecule has 0 amide bonds. The predicted octanol–water partition coefficient (Wildman–Crippen LogP) is 1.70. The molecule has 0 spiro atoms. The van der Waals surface area contributed by atoms with E-state index >= 15 is 0 Å². The van der Waals surface area contributed by atoms with Crippen LogP contribution in [0.25, 0.3) is 0 Å². The Kier molecular flexibility index (Phi) is 1.37. The van der Waals surface area contributed by atoms with E-state index in [2.05, 4.69) is 0 Å². The molecule has 0 unspecified atom stereocenters. The zero-order valence-corrected chi connectivity index (χ0v) is 4.51. The van der Waals surface area contributed by atoms with E-state index in [0.29, 0.717) is 0 Å². The third-order valence-corrected chi connectivity index (χ3v) is 2.63. The molecule has 1 fully saturated rings. The Morgan fingerprint density at radius 3 is 1.80 bits per heavy atom. The van der Waals surface area contributed by atoms with Crippen LogP contribution < -0.4 is 0 Å². The van der Waals surface area contributed by atoms with Crippen molar-refractivity contribution >= 4 is 0 Å². The van der Waals surface area contributed by atoms with Gasteiger partial charge in [-0.25, -0.2) is 0 Å². The fourth-order valence-electron chi connectivity index (χ4n) is 0.510. The normalized spacial score (nSPS) is 24.0. The van der Waals surface area contributed by atoms with Gasteiger partial charge in [0.05, 0.1) is 0 Å². The Hall–Kier alpha value is 0.532. The summed E-state index contributed by atoms with van der Waals surface area (Å²) in [6, 6.07) is 0.